The molecule has 3 N–H and O–H groups in total. The third-order valence-corrected chi connectivity index (χ3v) is 5.35. The fourth-order valence-electron chi connectivity index (χ4n) is 3.40. The van der Waals surface area contributed by atoms with Crippen LogP contribution in [0.2, 0.25) is 0 Å². The SMILES string of the molecule is COCCC1(CNC(=O)C2(CN)CCCCCC2)CC1. The molecule has 1 amide bonds. The number of nitrogens with two attached hydrogens (primary N) is 1. The Labute approximate surface area is 122 Å². The smallest absolute Gasteiger partial charge is 0.227 e. The third-order valence-electron chi connectivity index (χ3n) is 5.35. The molecule has 0 unspecified atom stereocenters. The second kappa shape index (κ2) is 6.90. The van der Waals surface area contributed by atoms with Gasteiger partial charge in [-0.2, -0.15) is 0 Å². The zero-order valence-electron chi connectivity index (χ0n) is 12.9. The molecule has 0 aliphatic heterocycles. The quantitative estimate of drug-likeness (QED) is 0.704. The lowest BCUT2D eigenvalue weighted by molar-refractivity contribution is -0.131. The van der Waals surface area contributed by atoms with E-state index in [0.29, 0.717) is 12.0 Å². The van der Waals surface area contributed by atoms with E-state index in [4.69, 9.17) is 10.5 Å². The van der Waals surface area contributed by atoms with Gasteiger partial charge < -0.3 is 15.8 Å². The monoisotopic (exact) mass is 282 g/mol. The second-order valence-electron chi connectivity index (χ2n) is 6.82. The van der Waals surface area contributed by atoms with Crippen LogP contribution in [0, 0.1) is 10.8 Å². The highest BCUT2D eigenvalue weighted by atomic mass is 16.5. The first-order valence-electron chi connectivity index (χ1n) is 8.14. The van der Waals surface area contributed by atoms with Crippen molar-refractivity contribution in [1.29, 1.82) is 0 Å². The van der Waals surface area contributed by atoms with E-state index in [0.717, 1.165) is 45.3 Å². The van der Waals surface area contributed by atoms with Crippen molar-refractivity contribution >= 4 is 5.91 Å². The van der Waals surface area contributed by atoms with Gasteiger partial charge in [0.1, 0.15) is 0 Å². The highest BCUT2D eigenvalue weighted by molar-refractivity contribution is 5.83. The van der Waals surface area contributed by atoms with E-state index in [1.54, 1.807) is 7.11 Å². The lowest BCUT2D eigenvalue weighted by Gasteiger charge is -2.30. The van der Waals surface area contributed by atoms with Crippen molar-refractivity contribution in [2.24, 2.45) is 16.6 Å². The number of nitrogens with one attached hydrogen (secondary N) is 1. The van der Waals surface area contributed by atoms with Gasteiger partial charge in [0.25, 0.3) is 0 Å². The lowest BCUT2D eigenvalue weighted by atomic mass is 9.79. The predicted octanol–water partition coefficient (Wildman–Crippen LogP) is 2.22. The summed E-state index contributed by atoms with van der Waals surface area (Å²) in [5.74, 6) is 0.200. The minimum atomic E-state index is -0.298. The van der Waals surface area contributed by atoms with Crippen molar-refractivity contribution in [2.75, 3.05) is 26.8 Å². The maximum atomic E-state index is 12.6. The van der Waals surface area contributed by atoms with Crippen LogP contribution in [-0.4, -0.2) is 32.7 Å². The van der Waals surface area contributed by atoms with Crippen LogP contribution in [0.3, 0.4) is 0 Å². The average molecular weight is 282 g/mol. The standard InChI is InChI=1S/C16H30N2O2/c1-20-11-10-15(8-9-15)13-18-14(19)16(12-17)6-4-2-3-5-7-16/h2-13,17H2,1H3,(H,18,19). The molecule has 2 saturated carbocycles. The van der Waals surface area contributed by atoms with Gasteiger partial charge in [0.05, 0.1) is 5.41 Å². The Morgan fingerprint density at radius 2 is 1.80 bits per heavy atom. The van der Waals surface area contributed by atoms with Gasteiger partial charge in [-0.15, -0.1) is 0 Å². The molecule has 4 nitrogen and oxygen atoms in total. The van der Waals surface area contributed by atoms with Crippen molar-refractivity contribution in [3.05, 3.63) is 0 Å². The maximum Gasteiger partial charge on any atom is 0.227 e. The molecule has 0 aromatic carbocycles. The van der Waals surface area contributed by atoms with Gasteiger partial charge in [0, 0.05) is 26.8 Å². The van der Waals surface area contributed by atoms with Gasteiger partial charge in [-0.25, -0.2) is 0 Å². The fourth-order valence-corrected chi connectivity index (χ4v) is 3.40. The van der Waals surface area contributed by atoms with Gasteiger partial charge in [-0.1, -0.05) is 25.7 Å². The Hall–Kier alpha value is -0.610. The number of methoxy groups -OCH3 is 1. The van der Waals surface area contributed by atoms with E-state index in [1.807, 2.05) is 0 Å². The lowest BCUT2D eigenvalue weighted by Crippen LogP contribution is -2.47. The van der Waals surface area contributed by atoms with Crippen molar-refractivity contribution < 1.29 is 9.53 Å². The zero-order chi connectivity index (χ0) is 14.5. The molecule has 2 aliphatic carbocycles. The Kier molecular flexibility index (Phi) is 5.44. The Bertz CT molecular complexity index is 318. The first kappa shape index (κ1) is 15.8. The summed E-state index contributed by atoms with van der Waals surface area (Å²) < 4.78 is 5.17. The van der Waals surface area contributed by atoms with E-state index in [1.165, 1.54) is 25.7 Å². The summed E-state index contributed by atoms with van der Waals surface area (Å²) >= 11 is 0. The summed E-state index contributed by atoms with van der Waals surface area (Å²) in [4.78, 5) is 12.6. The van der Waals surface area contributed by atoms with Gasteiger partial charge >= 0.3 is 0 Å². The maximum absolute atomic E-state index is 12.6. The summed E-state index contributed by atoms with van der Waals surface area (Å²) in [7, 11) is 1.74. The number of hydrogen-bond donors (Lipinski definition) is 2. The highest BCUT2D eigenvalue weighted by Crippen LogP contribution is 2.48. The van der Waals surface area contributed by atoms with Crippen LogP contribution < -0.4 is 11.1 Å². The molecule has 2 rings (SSSR count). The number of carbonyl (C=O) groups excluding carboxylic acids is 1. The van der Waals surface area contributed by atoms with Crippen LogP contribution >= 0.6 is 0 Å². The van der Waals surface area contributed by atoms with Crippen LogP contribution in [0.15, 0.2) is 0 Å². The molecule has 4 heteroatoms. The van der Waals surface area contributed by atoms with E-state index in [9.17, 15) is 4.79 Å². The predicted molar refractivity (Wildman–Crippen MR) is 80.4 cm³/mol. The van der Waals surface area contributed by atoms with Crippen molar-refractivity contribution in [3.63, 3.8) is 0 Å². The zero-order valence-corrected chi connectivity index (χ0v) is 12.9. The van der Waals surface area contributed by atoms with E-state index >= 15 is 0 Å². The van der Waals surface area contributed by atoms with Crippen molar-refractivity contribution in [2.45, 2.75) is 57.8 Å². The van der Waals surface area contributed by atoms with Gasteiger partial charge in [-0.05, 0) is 37.5 Å². The normalized spacial score (nSPS) is 23.9. The topological polar surface area (TPSA) is 64.3 Å². The molecular formula is C16H30N2O2. The largest absolute Gasteiger partial charge is 0.385 e. The first-order valence-corrected chi connectivity index (χ1v) is 8.14. The molecule has 0 spiro atoms. The van der Waals surface area contributed by atoms with Crippen LogP contribution in [0.1, 0.15) is 57.8 Å². The minimum Gasteiger partial charge on any atom is -0.385 e. The molecule has 2 aliphatic rings. The fraction of sp³-hybridized carbons (Fsp3) is 0.938. The second-order valence-corrected chi connectivity index (χ2v) is 6.82. The summed E-state index contributed by atoms with van der Waals surface area (Å²) in [6, 6.07) is 0. The summed E-state index contributed by atoms with van der Waals surface area (Å²) in [5.41, 5.74) is 5.98. The molecule has 116 valence electrons. The average Bonchev–Trinajstić information content (AvgIpc) is 3.27. The summed E-state index contributed by atoms with van der Waals surface area (Å²) in [6.07, 6.45) is 10.2. The van der Waals surface area contributed by atoms with E-state index in [2.05, 4.69) is 5.32 Å². The molecule has 0 atom stereocenters. The van der Waals surface area contributed by atoms with Crippen LogP contribution in [0.4, 0.5) is 0 Å². The Balaban J connectivity index is 1.86. The number of amides is 1. The van der Waals surface area contributed by atoms with Crippen LogP contribution in [-0.2, 0) is 9.53 Å². The third kappa shape index (κ3) is 3.73. The van der Waals surface area contributed by atoms with Crippen molar-refractivity contribution in [1.82, 2.24) is 5.32 Å². The van der Waals surface area contributed by atoms with Crippen LogP contribution in [0.25, 0.3) is 0 Å². The molecule has 0 heterocycles. The number of rotatable bonds is 7. The molecule has 0 bridgehead atoms. The number of carbonyl (C=O) groups is 1. The van der Waals surface area contributed by atoms with Crippen molar-refractivity contribution in [3.8, 4) is 0 Å². The molecule has 0 radical (unpaired) electrons. The van der Waals surface area contributed by atoms with Gasteiger partial charge in [0.2, 0.25) is 5.91 Å². The molecule has 2 fully saturated rings. The van der Waals surface area contributed by atoms with E-state index < -0.39 is 0 Å². The molecule has 0 aromatic rings. The molecule has 0 aromatic heterocycles. The number of ether oxygens (including phenoxy) is 1. The van der Waals surface area contributed by atoms with E-state index in [-0.39, 0.29) is 11.3 Å². The van der Waals surface area contributed by atoms with Crippen LogP contribution in [0.5, 0.6) is 0 Å². The minimum absolute atomic E-state index is 0.200. The number of hydrogen-bond acceptors (Lipinski definition) is 3. The summed E-state index contributed by atoms with van der Waals surface area (Å²) in [6.45, 7) is 2.08. The summed E-state index contributed by atoms with van der Waals surface area (Å²) in [5, 5.41) is 3.21. The molecule has 0 saturated heterocycles. The highest BCUT2D eigenvalue weighted by Gasteiger charge is 2.44. The molecule has 20 heavy (non-hydrogen) atoms. The molecular weight excluding hydrogens is 252 g/mol. The van der Waals surface area contributed by atoms with Gasteiger partial charge in [0.15, 0.2) is 0 Å². The Morgan fingerprint density at radius 3 is 2.30 bits per heavy atom. The first-order chi connectivity index (χ1) is 9.66. The van der Waals surface area contributed by atoms with Gasteiger partial charge in [-0.3, -0.25) is 4.79 Å². The Morgan fingerprint density at radius 1 is 1.15 bits per heavy atom.